The standard InChI is InChI=1S/C15H14N2O3.C3H6O2/c1-16(2)14-10-12(8-9-13(14)17(19)20)15(18)11-6-4-3-5-7-11;1-3(4)5-2/h3-10H,1-2H3;1-2H3. The zero-order valence-electron chi connectivity index (χ0n) is 14.6. The first-order valence-corrected chi connectivity index (χ1v) is 7.38. The summed E-state index contributed by atoms with van der Waals surface area (Å²) < 4.78 is 4.11. The quantitative estimate of drug-likeness (QED) is 0.366. The van der Waals surface area contributed by atoms with E-state index in [-0.39, 0.29) is 17.4 Å². The molecule has 2 rings (SSSR count). The van der Waals surface area contributed by atoms with E-state index in [0.717, 1.165) is 0 Å². The largest absolute Gasteiger partial charge is 0.469 e. The van der Waals surface area contributed by atoms with Gasteiger partial charge in [-0.15, -0.1) is 0 Å². The predicted molar refractivity (Wildman–Crippen MR) is 95.0 cm³/mol. The molecule has 0 aliphatic rings. The van der Waals surface area contributed by atoms with Gasteiger partial charge in [-0.25, -0.2) is 0 Å². The van der Waals surface area contributed by atoms with Gasteiger partial charge in [0, 0.05) is 38.2 Å². The number of rotatable bonds is 4. The summed E-state index contributed by atoms with van der Waals surface area (Å²) in [6, 6.07) is 13.2. The average molecular weight is 344 g/mol. The lowest BCUT2D eigenvalue weighted by Gasteiger charge is -2.13. The molecule has 0 spiro atoms. The molecule has 0 aliphatic heterocycles. The molecule has 0 N–H and O–H groups in total. The Balaban J connectivity index is 0.000000550. The lowest BCUT2D eigenvalue weighted by Crippen LogP contribution is -2.12. The van der Waals surface area contributed by atoms with E-state index >= 15 is 0 Å². The van der Waals surface area contributed by atoms with Crippen LogP contribution in [0.15, 0.2) is 48.5 Å². The number of carbonyl (C=O) groups excluding carboxylic acids is 2. The van der Waals surface area contributed by atoms with Crippen LogP contribution in [0.2, 0.25) is 0 Å². The van der Waals surface area contributed by atoms with E-state index < -0.39 is 4.92 Å². The molecule has 0 unspecified atom stereocenters. The third-order valence-electron chi connectivity index (χ3n) is 3.24. The van der Waals surface area contributed by atoms with Gasteiger partial charge in [-0.3, -0.25) is 19.7 Å². The van der Waals surface area contributed by atoms with Gasteiger partial charge in [-0.2, -0.15) is 0 Å². The second-order valence-electron chi connectivity index (χ2n) is 5.25. The van der Waals surface area contributed by atoms with Crippen LogP contribution < -0.4 is 4.90 Å². The number of esters is 1. The number of hydrogen-bond donors (Lipinski definition) is 0. The molecule has 0 saturated heterocycles. The van der Waals surface area contributed by atoms with Gasteiger partial charge < -0.3 is 9.64 Å². The van der Waals surface area contributed by atoms with E-state index in [9.17, 15) is 19.7 Å². The first-order valence-electron chi connectivity index (χ1n) is 7.38. The number of hydrogen-bond acceptors (Lipinski definition) is 6. The van der Waals surface area contributed by atoms with Crippen LogP contribution in [-0.4, -0.2) is 37.9 Å². The van der Waals surface area contributed by atoms with Gasteiger partial charge in [-0.1, -0.05) is 30.3 Å². The van der Waals surface area contributed by atoms with E-state index in [4.69, 9.17) is 0 Å². The van der Waals surface area contributed by atoms with Crippen LogP contribution in [0.1, 0.15) is 22.8 Å². The van der Waals surface area contributed by atoms with E-state index in [0.29, 0.717) is 16.8 Å². The molecule has 2 aromatic carbocycles. The molecule has 132 valence electrons. The molecule has 0 amide bonds. The minimum absolute atomic E-state index is 0.0142. The smallest absolute Gasteiger partial charge is 0.302 e. The van der Waals surface area contributed by atoms with Gasteiger partial charge in [-0.05, 0) is 12.1 Å². The zero-order chi connectivity index (χ0) is 19.0. The molecule has 0 atom stereocenters. The van der Waals surface area contributed by atoms with Gasteiger partial charge in [0.2, 0.25) is 0 Å². The van der Waals surface area contributed by atoms with Crippen molar-refractivity contribution in [1.29, 1.82) is 0 Å². The Hall–Kier alpha value is -3.22. The summed E-state index contributed by atoms with van der Waals surface area (Å²) in [6.07, 6.45) is 0. The molecule has 0 aliphatic carbocycles. The second-order valence-corrected chi connectivity index (χ2v) is 5.25. The van der Waals surface area contributed by atoms with Crippen molar-refractivity contribution in [2.75, 3.05) is 26.1 Å². The minimum Gasteiger partial charge on any atom is -0.469 e. The van der Waals surface area contributed by atoms with Gasteiger partial charge >= 0.3 is 5.97 Å². The van der Waals surface area contributed by atoms with Crippen molar-refractivity contribution >= 4 is 23.1 Å². The summed E-state index contributed by atoms with van der Waals surface area (Å²) in [7, 11) is 4.76. The minimum atomic E-state index is -0.452. The van der Waals surface area contributed by atoms with Crippen molar-refractivity contribution in [2.45, 2.75) is 6.92 Å². The Kier molecular flexibility index (Phi) is 7.27. The number of nitrogens with zero attached hydrogens (tertiary/aromatic N) is 2. The van der Waals surface area contributed by atoms with Crippen molar-refractivity contribution in [1.82, 2.24) is 0 Å². The summed E-state index contributed by atoms with van der Waals surface area (Å²) in [5.74, 6) is -0.395. The topological polar surface area (TPSA) is 89.8 Å². The number of ketones is 1. The van der Waals surface area contributed by atoms with E-state index in [2.05, 4.69) is 4.74 Å². The van der Waals surface area contributed by atoms with Crippen LogP contribution in [0.3, 0.4) is 0 Å². The number of ether oxygens (including phenoxy) is 1. The third-order valence-corrected chi connectivity index (χ3v) is 3.24. The number of methoxy groups -OCH3 is 1. The Labute approximate surface area is 146 Å². The van der Waals surface area contributed by atoms with Crippen molar-refractivity contribution in [3.63, 3.8) is 0 Å². The molecule has 7 heteroatoms. The van der Waals surface area contributed by atoms with Gasteiger partial charge in [0.1, 0.15) is 5.69 Å². The highest BCUT2D eigenvalue weighted by Crippen LogP contribution is 2.28. The van der Waals surface area contributed by atoms with Crippen molar-refractivity contribution in [3.8, 4) is 0 Å². The SMILES string of the molecule is CN(C)c1cc(C(=O)c2ccccc2)ccc1[N+](=O)[O-].COC(C)=O. The maximum atomic E-state index is 12.3. The maximum Gasteiger partial charge on any atom is 0.302 e. The Bertz CT molecular complexity index is 757. The lowest BCUT2D eigenvalue weighted by atomic mass is 10.0. The molecule has 0 aromatic heterocycles. The first-order chi connectivity index (χ1) is 11.8. The van der Waals surface area contributed by atoms with Crippen LogP contribution in [0.5, 0.6) is 0 Å². The number of benzene rings is 2. The highest BCUT2D eigenvalue weighted by Gasteiger charge is 2.18. The van der Waals surface area contributed by atoms with Crippen molar-refractivity contribution in [3.05, 3.63) is 69.8 Å². The fraction of sp³-hybridized carbons (Fsp3) is 0.222. The van der Waals surface area contributed by atoms with Crippen LogP contribution in [-0.2, 0) is 9.53 Å². The van der Waals surface area contributed by atoms with E-state index in [1.165, 1.54) is 26.2 Å². The fourth-order valence-corrected chi connectivity index (χ4v) is 1.93. The number of nitro groups is 1. The Morgan fingerprint density at radius 1 is 1.04 bits per heavy atom. The van der Waals surface area contributed by atoms with E-state index in [1.54, 1.807) is 49.3 Å². The van der Waals surface area contributed by atoms with Gasteiger partial charge in [0.05, 0.1) is 12.0 Å². The molecule has 0 bridgehead atoms. The molecule has 0 saturated carbocycles. The van der Waals surface area contributed by atoms with Gasteiger partial charge in [0.15, 0.2) is 5.78 Å². The molecule has 0 radical (unpaired) electrons. The fourth-order valence-electron chi connectivity index (χ4n) is 1.93. The number of carbonyl (C=O) groups is 2. The number of nitro benzene ring substituents is 1. The van der Waals surface area contributed by atoms with Gasteiger partial charge in [0.25, 0.3) is 5.69 Å². The third kappa shape index (κ3) is 5.72. The van der Waals surface area contributed by atoms with Crippen LogP contribution in [0.25, 0.3) is 0 Å². The summed E-state index contributed by atoms with van der Waals surface area (Å²) in [5.41, 5.74) is 1.40. The van der Waals surface area contributed by atoms with Crippen molar-refractivity contribution in [2.24, 2.45) is 0 Å². The monoisotopic (exact) mass is 344 g/mol. The summed E-state index contributed by atoms with van der Waals surface area (Å²) >= 11 is 0. The van der Waals surface area contributed by atoms with Crippen molar-refractivity contribution < 1.29 is 19.2 Å². The predicted octanol–water partition coefficient (Wildman–Crippen LogP) is 3.07. The Morgan fingerprint density at radius 2 is 1.60 bits per heavy atom. The lowest BCUT2D eigenvalue weighted by molar-refractivity contribution is -0.384. The summed E-state index contributed by atoms with van der Waals surface area (Å²) in [4.78, 5) is 34.0. The summed E-state index contributed by atoms with van der Waals surface area (Å²) in [6.45, 7) is 1.36. The van der Waals surface area contributed by atoms with Crippen LogP contribution in [0.4, 0.5) is 11.4 Å². The molecular formula is C18H20N2O5. The second kappa shape index (κ2) is 9.17. The summed E-state index contributed by atoms with van der Waals surface area (Å²) in [5, 5.41) is 11.0. The number of anilines is 1. The molecular weight excluding hydrogens is 324 g/mol. The average Bonchev–Trinajstić information content (AvgIpc) is 2.61. The molecule has 2 aromatic rings. The highest BCUT2D eigenvalue weighted by atomic mass is 16.6. The maximum absolute atomic E-state index is 12.3. The molecule has 7 nitrogen and oxygen atoms in total. The Morgan fingerprint density at radius 3 is 2.04 bits per heavy atom. The molecule has 25 heavy (non-hydrogen) atoms. The highest BCUT2D eigenvalue weighted by molar-refractivity contribution is 6.09. The van der Waals surface area contributed by atoms with Crippen LogP contribution >= 0.6 is 0 Å². The van der Waals surface area contributed by atoms with E-state index in [1.807, 2.05) is 6.07 Å². The molecule has 0 fully saturated rings. The van der Waals surface area contributed by atoms with Crippen LogP contribution in [0, 0.1) is 10.1 Å². The normalized spacial score (nSPS) is 9.44. The first kappa shape index (κ1) is 19.8. The zero-order valence-corrected chi connectivity index (χ0v) is 14.6. The molecule has 0 heterocycles.